The molecule has 0 radical (unpaired) electrons. The van der Waals surface area contributed by atoms with Crippen LogP contribution in [-0.4, -0.2) is 44.5 Å². The maximum atomic E-state index is 12.3. The first kappa shape index (κ1) is 16.7. The van der Waals surface area contributed by atoms with Gasteiger partial charge in [0.25, 0.3) is 0 Å². The van der Waals surface area contributed by atoms with Gasteiger partial charge in [-0.3, -0.25) is 4.99 Å². The fourth-order valence-electron chi connectivity index (χ4n) is 2.78. The summed E-state index contributed by atoms with van der Waals surface area (Å²) < 4.78 is 41.0. The van der Waals surface area contributed by atoms with Gasteiger partial charge < -0.3 is 20.3 Å². The first-order valence-corrected chi connectivity index (χ1v) is 8.03. The highest BCUT2D eigenvalue weighted by Gasteiger charge is 2.31. The lowest BCUT2D eigenvalue weighted by Crippen LogP contribution is -2.45. The molecule has 132 valence electrons. The van der Waals surface area contributed by atoms with Crippen LogP contribution >= 0.6 is 0 Å². The van der Waals surface area contributed by atoms with Crippen LogP contribution in [0.15, 0.2) is 29.3 Å². The van der Waals surface area contributed by atoms with Gasteiger partial charge in [0, 0.05) is 44.0 Å². The van der Waals surface area contributed by atoms with E-state index in [0.717, 1.165) is 24.6 Å². The lowest BCUT2D eigenvalue weighted by Gasteiger charge is -2.21. The van der Waals surface area contributed by atoms with Crippen molar-refractivity contribution in [3.8, 4) is 5.75 Å². The molecule has 1 aliphatic carbocycles. The molecule has 8 heteroatoms. The molecule has 2 fully saturated rings. The summed E-state index contributed by atoms with van der Waals surface area (Å²) in [6, 6.07) is 6.83. The second-order valence-corrected chi connectivity index (χ2v) is 6.11. The van der Waals surface area contributed by atoms with Gasteiger partial charge in [-0.2, -0.15) is 0 Å². The third-order valence-corrected chi connectivity index (χ3v) is 4.09. The summed E-state index contributed by atoms with van der Waals surface area (Å²) in [7, 11) is 1.74. The predicted molar refractivity (Wildman–Crippen MR) is 86.4 cm³/mol. The summed E-state index contributed by atoms with van der Waals surface area (Å²) in [6.45, 7) is 1.48. The zero-order valence-electron chi connectivity index (χ0n) is 13.4. The van der Waals surface area contributed by atoms with E-state index in [1.165, 1.54) is 25.0 Å². The van der Waals surface area contributed by atoms with E-state index in [1.807, 2.05) is 4.90 Å². The van der Waals surface area contributed by atoms with Gasteiger partial charge in [-0.1, -0.05) is 6.07 Å². The summed E-state index contributed by atoms with van der Waals surface area (Å²) in [5.41, 5.74) is 0.728. The molecule has 1 heterocycles. The molecule has 2 aliphatic rings. The zero-order valence-corrected chi connectivity index (χ0v) is 13.4. The Labute approximate surface area is 138 Å². The van der Waals surface area contributed by atoms with Crippen molar-refractivity contribution >= 4 is 11.6 Å². The van der Waals surface area contributed by atoms with E-state index in [-0.39, 0.29) is 11.8 Å². The van der Waals surface area contributed by atoms with Crippen LogP contribution < -0.4 is 20.3 Å². The lowest BCUT2D eigenvalue weighted by molar-refractivity contribution is -0.274. The number of benzene rings is 1. The monoisotopic (exact) mass is 342 g/mol. The predicted octanol–water partition coefficient (Wildman–Crippen LogP) is 2.49. The molecule has 1 saturated heterocycles. The van der Waals surface area contributed by atoms with Crippen LogP contribution in [0.5, 0.6) is 5.75 Å². The standard InChI is InChI=1S/C16H21F3N4O/c1-20-15(21-11-5-6-11)22-12-7-8-23(10-12)13-3-2-4-14(9-13)24-16(17,18)19/h2-4,9,11-12H,5-8,10H2,1H3,(H2,20,21,22). The smallest absolute Gasteiger partial charge is 0.406 e. The minimum atomic E-state index is -4.67. The minimum absolute atomic E-state index is 0.192. The van der Waals surface area contributed by atoms with Crippen molar-refractivity contribution in [2.24, 2.45) is 4.99 Å². The van der Waals surface area contributed by atoms with Crippen molar-refractivity contribution in [2.75, 3.05) is 25.0 Å². The molecule has 1 aromatic carbocycles. The third-order valence-electron chi connectivity index (χ3n) is 4.09. The Balaban J connectivity index is 1.57. The Kier molecular flexibility index (Phi) is 4.73. The molecule has 0 aromatic heterocycles. The fourth-order valence-corrected chi connectivity index (χ4v) is 2.78. The van der Waals surface area contributed by atoms with Gasteiger partial charge in [0.1, 0.15) is 5.75 Å². The van der Waals surface area contributed by atoms with Crippen molar-refractivity contribution < 1.29 is 17.9 Å². The van der Waals surface area contributed by atoms with Crippen LogP contribution in [0.25, 0.3) is 0 Å². The molecule has 1 saturated carbocycles. The second-order valence-electron chi connectivity index (χ2n) is 6.11. The Morgan fingerprint density at radius 2 is 1.96 bits per heavy atom. The van der Waals surface area contributed by atoms with E-state index in [0.29, 0.717) is 12.6 Å². The Bertz CT molecular complexity index is 601. The first-order chi connectivity index (χ1) is 11.4. The van der Waals surface area contributed by atoms with E-state index in [4.69, 9.17) is 0 Å². The third kappa shape index (κ3) is 4.69. The van der Waals surface area contributed by atoms with Crippen LogP contribution in [0, 0.1) is 0 Å². The van der Waals surface area contributed by atoms with Gasteiger partial charge in [0.2, 0.25) is 0 Å². The number of anilines is 1. The van der Waals surface area contributed by atoms with Crippen molar-refractivity contribution in [1.82, 2.24) is 10.6 Å². The number of hydrogen-bond donors (Lipinski definition) is 2. The van der Waals surface area contributed by atoms with E-state index in [1.54, 1.807) is 19.2 Å². The molecule has 1 aliphatic heterocycles. The highest BCUT2D eigenvalue weighted by molar-refractivity contribution is 5.80. The number of ether oxygens (including phenoxy) is 1. The summed E-state index contributed by atoms with van der Waals surface area (Å²) in [4.78, 5) is 6.26. The fraction of sp³-hybridized carbons (Fsp3) is 0.562. The molecule has 1 atom stereocenters. The van der Waals surface area contributed by atoms with E-state index >= 15 is 0 Å². The molecule has 24 heavy (non-hydrogen) atoms. The van der Waals surface area contributed by atoms with Crippen molar-refractivity contribution in [2.45, 2.75) is 37.7 Å². The van der Waals surface area contributed by atoms with Gasteiger partial charge >= 0.3 is 6.36 Å². The van der Waals surface area contributed by atoms with Crippen LogP contribution in [0.4, 0.5) is 18.9 Å². The number of halogens is 3. The quantitative estimate of drug-likeness (QED) is 0.652. The van der Waals surface area contributed by atoms with Gasteiger partial charge in [-0.05, 0) is 31.4 Å². The molecule has 0 amide bonds. The highest BCUT2D eigenvalue weighted by atomic mass is 19.4. The summed E-state index contributed by atoms with van der Waals surface area (Å²) in [6.07, 6.45) is -1.43. The van der Waals surface area contributed by atoms with Gasteiger partial charge in [-0.25, -0.2) is 0 Å². The molecule has 1 unspecified atom stereocenters. The first-order valence-electron chi connectivity index (χ1n) is 8.03. The van der Waals surface area contributed by atoms with Crippen LogP contribution in [0.3, 0.4) is 0 Å². The Morgan fingerprint density at radius 3 is 2.62 bits per heavy atom. The number of alkyl halides is 3. The molecule has 3 rings (SSSR count). The number of aliphatic imine (C=N–C) groups is 1. The average Bonchev–Trinajstić information content (AvgIpc) is 3.20. The summed E-state index contributed by atoms with van der Waals surface area (Å²) >= 11 is 0. The number of nitrogens with zero attached hydrogens (tertiary/aromatic N) is 2. The van der Waals surface area contributed by atoms with E-state index in [2.05, 4.69) is 20.4 Å². The summed E-state index contributed by atoms with van der Waals surface area (Å²) in [5.74, 6) is 0.598. The van der Waals surface area contributed by atoms with E-state index in [9.17, 15) is 13.2 Å². The maximum Gasteiger partial charge on any atom is 0.573 e. The van der Waals surface area contributed by atoms with E-state index < -0.39 is 6.36 Å². The largest absolute Gasteiger partial charge is 0.573 e. The van der Waals surface area contributed by atoms with Gasteiger partial charge in [0.15, 0.2) is 5.96 Å². The SMILES string of the molecule is CN=C(NC1CC1)NC1CCN(c2cccc(OC(F)(F)F)c2)C1. The molecule has 2 N–H and O–H groups in total. The second kappa shape index (κ2) is 6.78. The normalized spacial score (nSPS) is 21.8. The lowest BCUT2D eigenvalue weighted by atomic mass is 10.2. The zero-order chi connectivity index (χ0) is 17.2. The molecule has 0 bridgehead atoms. The van der Waals surface area contributed by atoms with Gasteiger partial charge in [0.05, 0.1) is 0 Å². The molecule has 1 aromatic rings. The van der Waals surface area contributed by atoms with Crippen LogP contribution in [0.1, 0.15) is 19.3 Å². The number of nitrogens with one attached hydrogen (secondary N) is 2. The van der Waals surface area contributed by atoms with Crippen molar-refractivity contribution in [1.29, 1.82) is 0 Å². The number of rotatable bonds is 4. The molecule has 0 spiro atoms. The Morgan fingerprint density at radius 1 is 1.21 bits per heavy atom. The van der Waals surface area contributed by atoms with Crippen molar-refractivity contribution in [3.05, 3.63) is 24.3 Å². The average molecular weight is 342 g/mol. The topological polar surface area (TPSA) is 48.9 Å². The Hall–Kier alpha value is -2.12. The van der Waals surface area contributed by atoms with Gasteiger partial charge in [-0.15, -0.1) is 13.2 Å². The van der Waals surface area contributed by atoms with Crippen molar-refractivity contribution in [3.63, 3.8) is 0 Å². The van der Waals surface area contributed by atoms with Crippen LogP contribution in [0.2, 0.25) is 0 Å². The minimum Gasteiger partial charge on any atom is -0.406 e. The number of hydrogen-bond acceptors (Lipinski definition) is 3. The van der Waals surface area contributed by atoms with Crippen LogP contribution in [-0.2, 0) is 0 Å². The molecular weight excluding hydrogens is 321 g/mol. The molecule has 5 nitrogen and oxygen atoms in total. The highest BCUT2D eigenvalue weighted by Crippen LogP contribution is 2.28. The molecular formula is C16H21F3N4O. The number of guanidine groups is 1. The summed E-state index contributed by atoms with van der Waals surface area (Å²) in [5, 5.41) is 6.71. The maximum absolute atomic E-state index is 12.3.